The maximum atomic E-state index is 13.3. The summed E-state index contributed by atoms with van der Waals surface area (Å²) in [6, 6.07) is 22.3. The second kappa shape index (κ2) is 6.80. The Morgan fingerprint density at radius 3 is 2.50 bits per heavy atom. The molecule has 0 aliphatic rings. The number of hydrogen-bond acceptors (Lipinski definition) is 1. The molecule has 0 N–H and O–H groups in total. The standard InChI is InChI=1S/C24H23NO/c1-3-17(2)15-25-16-22(21-10-6-7-11-23(21)25)24(26)20-13-12-18-8-4-5-9-19(18)14-20/h4-14,16-17H,3,15H2,1-2H3/t17-/m1/s1. The number of carbonyl (C=O) groups excluding carboxylic acids is 1. The molecule has 2 heteroatoms. The molecule has 3 aromatic carbocycles. The number of rotatable bonds is 5. The van der Waals surface area contributed by atoms with Crippen molar-refractivity contribution in [1.29, 1.82) is 0 Å². The van der Waals surface area contributed by atoms with Gasteiger partial charge < -0.3 is 4.57 Å². The first-order valence-corrected chi connectivity index (χ1v) is 9.28. The fourth-order valence-corrected chi connectivity index (χ4v) is 3.53. The van der Waals surface area contributed by atoms with Gasteiger partial charge in [0.25, 0.3) is 0 Å². The lowest BCUT2D eigenvalue weighted by Crippen LogP contribution is -2.05. The highest BCUT2D eigenvalue weighted by Crippen LogP contribution is 2.26. The molecule has 26 heavy (non-hydrogen) atoms. The zero-order valence-electron chi connectivity index (χ0n) is 15.3. The maximum Gasteiger partial charge on any atom is 0.195 e. The van der Waals surface area contributed by atoms with Gasteiger partial charge in [0.05, 0.1) is 0 Å². The number of para-hydroxylation sites is 1. The Balaban J connectivity index is 1.80. The molecule has 0 fully saturated rings. The van der Waals surface area contributed by atoms with Crippen LogP contribution in [0, 0.1) is 5.92 Å². The van der Waals surface area contributed by atoms with Crippen LogP contribution in [0.2, 0.25) is 0 Å². The molecule has 0 bridgehead atoms. The van der Waals surface area contributed by atoms with Gasteiger partial charge in [0.15, 0.2) is 5.78 Å². The van der Waals surface area contributed by atoms with Crippen LogP contribution in [0.25, 0.3) is 21.7 Å². The molecule has 1 heterocycles. The Kier molecular flexibility index (Phi) is 4.34. The lowest BCUT2D eigenvalue weighted by atomic mass is 10.00. The molecule has 1 aromatic heterocycles. The number of ketones is 1. The normalized spacial score (nSPS) is 12.5. The predicted octanol–water partition coefficient (Wildman–Crippen LogP) is 6.07. The Morgan fingerprint density at radius 2 is 1.69 bits per heavy atom. The summed E-state index contributed by atoms with van der Waals surface area (Å²) in [5.41, 5.74) is 2.67. The van der Waals surface area contributed by atoms with Gasteiger partial charge in [-0.3, -0.25) is 4.79 Å². The summed E-state index contributed by atoms with van der Waals surface area (Å²) in [4.78, 5) is 13.3. The van der Waals surface area contributed by atoms with Gasteiger partial charge in [-0.05, 0) is 28.8 Å². The van der Waals surface area contributed by atoms with Crippen molar-refractivity contribution in [3.63, 3.8) is 0 Å². The van der Waals surface area contributed by atoms with Gasteiger partial charge >= 0.3 is 0 Å². The largest absolute Gasteiger partial charge is 0.346 e. The van der Waals surface area contributed by atoms with Crippen molar-refractivity contribution >= 4 is 27.5 Å². The van der Waals surface area contributed by atoms with E-state index in [0.29, 0.717) is 5.92 Å². The van der Waals surface area contributed by atoms with Crippen LogP contribution in [0.1, 0.15) is 36.2 Å². The first-order valence-electron chi connectivity index (χ1n) is 9.28. The number of carbonyl (C=O) groups is 1. The Hall–Kier alpha value is -2.87. The topological polar surface area (TPSA) is 22.0 Å². The van der Waals surface area contributed by atoms with E-state index < -0.39 is 0 Å². The molecule has 0 aliphatic carbocycles. The molecule has 0 unspecified atom stereocenters. The second-order valence-electron chi connectivity index (χ2n) is 7.12. The molecule has 4 aromatic rings. The molecule has 130 valence electrons. The fourth-order valence-electron chi connectivity index (χ4n) is 3.53. The number of benzene rings is 3. The van der Waals surface area contributed by atoms with Gasteiger partial charge in [0.1, 0.15) is 0 Å². The van der Waals surface area contributed by atoms with Gasteiger partial charge in [0.2, 0.25) is 0 Å². The van der Waals surface area contributed by atoms with Crippen LogP contribution in [0.3, 0.4) is 0 Å². The van der Waals surface area contributed by atoms with E-state index in [2.05, 4.69) is 42.7 Å². The van der Waals surface area contributed by atoms with Crippen LogP contribution >= 0.6 is 0 Å². The molecule has 0 radical (unpaired) electrons. The van der Waals surface area contributed by atoms with E-state index in [4.69, 9.17) is 0 Å². The van der Waals surface area contributed by atoms with Crippen molar-refractivity contribution in [2.24, 2.45) is 5.92 Å². The molecule has 0 saturated heterocycles. The van der Waals surface area contributed by atoms with Crippen molar-refractivity contribution in [3.05, 3.63) is 84.1 Å². The van der Waals surface area contributed by atoms with E-state index in [1.165, 1.54) is 0 Å². The smallest absolute Gasteiger partial charge is 0.195 e. The monoisotopic (exact) mass is 341 g/mol. The minimum atomic E-state index is 0.0925. The minimum absolute atomic E-state index is 0.0925. The summed E-state index contributed by atoms with van der Waals surface area (Å²) in [6.07, 6.45) is 3.16. The number of nitrogens with zero attached hydrogens (tertiary/aromatic N) is 1. The molecule has 0 amide bonds. The average Bonchev–Trinajstić information content (AvgIpc) is 3.05. The highest BCUT2D eigenvalue weighted by molar-refractivity contribution is 6.17. The summed E-state index contributed by atoms with van der Waals surface area (Å²) in [6.45, 7) is 5.39. The summed E-state index contributed by atoms with van der Waals surface area (Å²) in [5.74, 6) is 0.671. The molecule has 0 spiro atoms. The van der Waals surface area contributed by atoms with Crippen molar-refractivity contribution < 1.29 is 4.79 Å². The minimum Gasteiger partial charge on any atom is -0.346 e. The third kappa shape index (κ3) is 2.92. The van der Waals surface area contributed by atoms with Crippen molar-refractivity contribution in [2.75, 3.05) is 0 Å². The van der Waals surface area contributed by atoms with E-state index in [1.807, 2.05) is 48.7 Å². The Morgan fingerprint density at radius 1 is 0.962 bits per heavy atom. The van der Waals surface area contributed by atoms with E-state index in [-0.39, 0.29) is 5.78 Å². The maximum absolute atomic E-state index is 13.3. The zero-order valence-corrected chi connectivity index (χ0v) is 15.3. The number of hydrogen-bond donors (Lipinski definition) is 0. The average molecular weight is 341 g/mol. The van der Waals surface area contributed by atoms with Crippen LogP contribution in [0.4, 0.5) is 0 Å². The SMILES string of the molecule is CC[C@@H](C)Cn1cc(C(=O)c2ccc3ccccc3c2)c2ccccc21. The fraction of sp³-hybridized carbons (Fsp3) is 0.208. The van der Waals surface area contributed by atoms with Crippen LogP contribution in [-0.2, 0) is 6.54 Å². The lowest BCUT2D eigenvalue weighted by Gasteiger charge is -2.10. The first kappa shape index (κ1) is 16.6. The summed E-state index contributed by atoms with van der Waals surface area (Å²) in [7, 11) is 0. The summed E-state index contributed by atoms with van der Waals surface area (Å²) < 4.78 is 2.23. The molecule has 0 aliphatic heterocycles. The third-order valence-corrected chi connectivity index (χ3v) is 5.25. The molecular weight excluding hydrogens is 318 g/mol. The zero-order chi connectivity index (χ0) is 18.1. The van der Waals surface area contributed by atoms with Gasteiger partial charge in [-0.25, -0.2) is 0 Å². The third-order valence-electron chi connectivity index (χ3n) is 5.25. The summed E-state index contributed by atoms with van der Waals surface area (Å²) >= 11 is 0. The van der Waals surface area contributed by atoms with Gasteiger partial charge in [-0.15, -0.1) is 0 Å². The predicted molar refractivity (Wildman–Crippen MR) is 109 cm³/mol. The van der Waals surface area contributed by atoms with E-state index in [0.717, 1.165) is 45.8 Å². The molecule has 4 rings (SSSR count). The van der Waals surface area contributed by atoms with E-state index >= 15 is 0 Å². The van der Waals surface area contributed by atoms with Crippen LogP contribution in [-0.4, -0.2) is 10.4 Å². The highest BCUT2D eigenvalue weighted by atomic mass is 16.1. The Labute approximate surface area is 154 Å². The molecule has 2 nitrogen and oxygen atoms in total. The van der Waals surface area contributed by atoms with Crippen LogP contribution in [0.15, 0.2) is 72.9 Å². The first-order chi connectivity index (χ1) is 12.7. The molecule has 0 saturated carbocycles. The van der Waals surface area contributed by atoms with Crippen LogP contribution < -0.4 is 0 Å². The van der Waals surface area contributed by atoms with Gasteiger partial charge in [0, 0.05) is 34.8 Å². The number of aromatic nitrogens is 1. The molecule has 1 atom stereocenters. The number of fused-ring (bicyclic) bond motifs is 2. The van der Waals surface area contributed by atoms with Crippen LogP contribution in [0.5, 0.6) is 0 Å². The highest BCUT2D eigenvalue weighted by Gasteiger charge is 2.17. The lowest BCUT2D eigenvalue weighted by molar-refractivity contribution is 0.104. The quantitative estimate of drug-likeness (QED) is 0.404. The van der Waals surface area contributed by atoms with E-state index in [1.54, 1.807) is 0 Å². The van der Waals surface area contributed by atoms with Gasteiger partial charge in [-0.1, -0.05) is 74.9 Å². The Bertz CT molecular complexity index is 1090. The van der Waals surface area contributed by atoms with Crippen molar-refractivity contribution in [3.8, 4) is 0 Å². The van der Waals surface area contributed by atoms with E-state index in [9.17, 15) is 4.79 Å². The molecular formula is C24H23NO. The van der Waals surface area contributed by atoms with Crippen molar-refractivity contribution in [1.82, 2.24) is 4.57 Å². The second-order valence-corrected chi connectivity index (χ2v) is 7.12. The van der Waals surface area contributed by atoms with Gasteiger partial charge in [-0.2, -0.15) is 0 Å². The van der Waals surface area contributed by atoms with Crippen molar-refractivity contribution in [2.45, 2.75) is 26.8 Å². The summed E-state index contributed by atoms with van der Waals surface area (Å²) in [5, 5.41) is 3.29.